The van der Waals surface area contributed by atoms with Crippen LogP contribution in [0.1, 0.15) is 5.56 Å². The average Bonchev–Trinajstić information content (AvgIpc) is 2.86. The zero-order valence-electron chi connectivity index (χ0n) is 11.8. The minimum Gasteiger partial charge on any atom is -0.484 e. The van der Waals surface area contributed by atoms with Gasteiger partial charge in [0, 0.05) is 0 Å². The predicted octanol–water partition coefficient (Wildman–Crippen LogP) is 3.76. The Labute approximate surface area is 130 Å². The number of carbonyl (C=O) groups excluding carboxylic acids is 1. The van der Waals surface area contributed by atoms with E-state index in [9.17, 15) is 9.18 Å². The highest BCUT2D eigenvalue weighted by Crippen LogP contribution is 2.26. The smallest absolute Gasteiger partial charge is 0.264 e. The van der Waals surface area contributed by atoms with Crippen LogP contribution in [-0.4, -0.2) is 17.5 Å². The molecule has 1 aromatic heterocycles. The monoisotopic (exact) mass is 316 g/mol. The van der Waals surface area contributed by atoms with Crippen LogP contribution in [0, 0.1) is 12.7 Å². The number of nitrogens with zero attached hydrogens (tertiary/aromatic N) is 1. The van der Waals surface area contributed by atoms with E-state index in [-0.39, 0.29) is 18.3 Å². The number of aromatic nitrogens is 1. The summed E-state index contributed by atoms with van der Waals surface area (Å²) in [5.74, 6) is 0.0133. The van der Waals surface area contributed by atoms with Gasteiger partial charge in [0.15, 0.2) is 11.7 Å². The molecule has 4 nitrogen and oxygen atoms in total. The molecule has 0 aliphatic heterocycles. The quantitative estimate of drug-likeness (QED) is 0.797. The summed E-state index contributed by atoms with van der Waals surface area (Å²) >= 11 is 1.23. The van der Waals surface area contributed by atoms with E-state index in [0.29, 0.717) is 21.1 Å². The number of anilines is 1. The Morgan fingerprint density at radius 3 is 3.00 bits per heavy atom. The highest BCUT2D eigenvalue weighted by molar-refractivity contribution is 7.22. The molecular weight excluding hydrogens is 303 g/mol. The lowest BCUT2D eigenvalue weighted by atomic mass is 10.2. The summed E-state index contributed by atoms with van der Waals surface area (Å²) in [7, 11) is 0. The van der Waals surface area contributed by atoms with Crippen molar-refractivity contribution >= 4 is 32.6 Å². The second-order valence-electron chi connectivity index (χ2n) is 4.78. The third-order valence-corrected chi connectivity index (χ3v) is 3.89. The van der Waals surface area contributed by atoms with Gasteiger partial charge in [0.25, 0.3) is 5.91 Å². The summed E-state index contributed by atoms with van der Waals surface area (Å²) in [4.78, 5) is 16.1. The molecule has 1 amide bonds. The molecule has 0 aliphatic rings. The van der Waals surface area contributed by atoms with E-state index in [1.807, 2.05) is 25.1 Å². The number of benzene rings is 2. The van der Waals surface area contributed by atoms with E-state index in [2.05, 4.69) is 10.3 Å². The first-order valence-electron chi connectivity index (χ1n) is 6.65. The molecular formula is C16H13FN2O2S. The molecule has 2 aromatic carbocycles. The van der Waals surface area contributed by atoms with Crippen molar-refractivity contribution in [3.63, 3.8) is 0 Å². The summed E-state index contributed by atoms with van der Waals surface area (Å²) in [6.07, 6.45) is 0. The van der Waals surface area contributed by atoms with Crippen LogP contribution in [0.5, 0.6) is 5.75 Å². The van der Waals surface area contributed by atoms with Crippen molar-refractivity contribution in [3.8, 4) is 5.75 Å². The largest absolute Gasteiger partial charge is 0.484 e. The second kappa shape index (κ2) is 6.11. The van der Waals surface area contributed by atoms with E-state index in [1.54, 1.807) is 12.1 Å². The molecule has 0 unspecified atom stereocenters. The number of rotatable bonds is 4. The van der Waals surface area contributed by atoms with Crippen molar-refractivity contribution in [1.29, 1.82) is 0 Å². The third kappa shape index (κ3) is 3.40. The number of aryl methyl sites for hydroxylation is 1. The highest BCUT2D eigenvalue weighted by atomic mass is 32.1. The Bertz CT molecular complexity index is 832. The second-order valence-corrected chi connectivity index (χ2v) is 5.82. The average molecular weight is 316 g/mol. The molecule has 1 N–H and O–H groups in total. The molecule has 112 valence electrons. The molecule has 3 rings (SSSR count). The van der Waals surface area contributed by atoms with Crippen molar-refractivity contribution in [2.24, 2.45) is 0 Å². The minimum absolute atomic E-state index is 0.103. The number of nitrogens with one attached hydrogen (secondary N) is 1. The van der Waals surface area contributed by atoms with Gasteiger partial charge < -0.3 is 4.74 Å². The van der Waals surface area contributed by atoms with Gasteiger partial charge in [-0.25, -0.2) is 9.37 Å². The summed E-state index contributed by atoms with van der Waals surface area (Å²) in [6.45, 7) is 1.85. The fourth-order valence-corrected chi connectivity index (χ4v) is 2.87. The third-order valence-electron chi connectivity index (χ3n) is 2.96. The van der Waals surface area contributed by atoms with Crippen LogP contribution < -0.4 is 10.1 Å². The van der Waals surface area contributed by atoms with Gasteiger partial charge in [0.2, 0.25) is 0 Å². The minimum atomic E-state index is -0.322. The fraction of sp³-hybridized carbons (Fsp3) is 0.125. The Balaban J connectivity index is 1.63. The normalized spacial score (nSPS) is 10.6. The predicted molar refractivity (Wildman–Crippen MR) is 84.9 cm³/mol. The van der Waals surface area contributed by atoms with E-state index >= 15 is 0 Å². The maximum absolute atomic E-state index is 13.1. The molecule has 0 atom stereocenters. The summed E-state index contributed by atoms with van der Waals surface area (Å²) in [5.41, 5.74) is 1.72. The van der Waals surface area contributed by atoms with Crippen LogP contribution in [0.15, 0.2) is 42.5 Å². The molecule has 0 saturated heterocycles. The van der Waals surface area contributed by atoms with Gasteiger partial charge in [-0.05, 0) is 42.8 Å². The summed E-state index contributed by atoms with van der Waals surface area (Å²) in [5, 5.41) is 3.09. The van der Waals surface area contributed by atoms with Gasteiger partial charge in [-0.2, -0.15) is 0 Å². The zero-order chi connectivity index (χ0) is 15.5. The first kappa shape index (κ1) is 14.5. The van der Waals surface area contributed by atoms with Crippen molar-refractivity contribution in [3.05, 3.63) is 53.8 Å². The van der Waals surface area contributed by atoms with Gasteiger partial charge in [-0.15, -0.1) is 0 Å². The van der Waals surface area contributed by atoms with E-state index < -0.39 is 0 Å². The van der Waals surface area contributed by atoms with Crippen molar-refractivity contribution < 1.29 is 13.9 Å². The molecule has 0 spiro atoms. The number of thiazole rings is 1. The van der Waals surface area contributed by atoms with Crippen LogP contribution in [0.3, 0.4) is 0 Å². The Morgan fingerprint density at radius 2 is 2.18 bits per heavy atom. The van der Waals surface area contributed by atoms with Gasteiger partial charge in [0.05, 0.1) is 10.2 Å². The lowest BCUT2D eigenvalue weighted by molar-refractivity contribution is -0.118. The lowest BCUT2D eigenvalue weighted by Crippen LogP contribution is -2.20. The molecule has 0 aliphatic carbocycles. The maximum Gasteiger partial charge on any atom is 0.264 e. The van der Waals surface area contributed by atoms with Gasteiger partial charge in [0.1, 0.15) is 11.6 Å². The number of carbonyl (C=O) groups is 1. The zero-order valence-corrected chi connectivity index (χ0v) is 12.6. The first-order chi connectivity index (χ1) is 10.6. The van der Waals surface area contributed by atoms with Gasteiger partial charge >= 0.3 is 0 Å². The SMILES string of the molecule is Cc1cccc(OCC(=O)Nc2nc3ccc(F)cc3s2)c1. The van der Waals surface area contributed by atoms with Crippen molar-refractivity contribution in [2.75, 3.05) is 11.9 Å². The van der Waals surface area contributed by atoms with Crippen LogP contribution in [0.2, 0.25) is 0 Å². The lowest BCUT2D eigenvalue weighted by Gasteiger charge is -2.06. The Morgan fingerprint density at radius 1 is 1.32 bits per heavy atom. The van der Waals surface area contributed by atoms with E-state index in [4.69, 9.17) is 4.74 Å². The van der Waals surface area contributed by atoms with Gasteiger partial charge in [-0.3, -0.25) is 10.1 Å². The molecule has 0 fully saturated rings. The van der Waals surface area contributed by atoms with Crippen molar-refractivity contribution in [1.82, 2.24) is 4.98 Å². The molecule has 0 radical (unpaired) electrons. The number of fused-ring (bicyclic) bond motifs is 1. The number of ether oxygens (including phenoxy) is 1. The van der Waals surface area contributed by atoms with Crippen LogP contribution in [-0.2, 0) is 4.79 Å². The standard InChI is InChI=1S/C16H13FN2O2S/c1-10-3-2-4-12(7-10)21-9-15(20)19-16-18-13-6-5-11(17)8-14(13)22-16/h2-8H,9H2,1H3,(H,18,19,20). The van der Waals surface area contributed by atoms with Crippen LogP contribution >= 0.6 is 11.3 Å². The fourth-order valence-electron chi connectivity index (χ4n) is 1.96. The molecule has 3 aromatic rings. The Hall–Kier alpha value is -2.47. The number of amides is 1. The molecule has 6 heteroatoms. The topological polar surface area (TPSA) is 51.2 Å². The van der Waals surface area contributed by atoms with Crippen LogP contribution in [0.4, 0.5) is 9.52 Å². The molecule has 0 saturated carbocycles. The van der Waals surface area contributed by atoms with Gasteiger partial charge in [-0.1, -0.05) is 23.5 Å². The molecule has 1 heterocycles. The molecule has 0 bridgehead atoms. The molecule has 22 heavy (non-hydrogen) atoms. The summed E-state index contributed by atoms with van der Waals surface area (Å²) in [6, 6.07) is 11.8. The first-order valence-corrected chi connectivity index (χ1v) is 7.47. The van der Waals surface area contributed by atoms with E-state index in [1.165, 1.54) is 23.5 Å². The Kier molecular flexibility index (Phi) is 4.02. The maximum atomic E-state index is 13.1. The number of hydrogen-bond acceptors (Lipinski definition) is 4. The summed E-state index contributed by atoms with van der Waals surface area (Å²) < 4.78 is 19.2. The highest BCUT2D eigenvalue weighted by Gasteiger charge is 2.09. The van der Waals surface area contributed by atoms with E-state index in [0.717, 1.165) is 5.56 Å². The number of hydrogen-bond donors (Lipinski definition) is 1. The van der Waals surface area contributed by atoms with Crippen LogP contribution in [0.25, 0.3) is 10.2 Å². The van der Waals surface area contributed by atoms with Crippen molar-refractivity contribution in [2.45, 2.75) is 6.92 Å². The number of halogens is 1.